The van der Waals surface area contributed by atoms with Crippen molar-refractivity contribution in [3.8, 4) is 0 Å². The second kappa shape index (κ2) is 6.77. The maximum atomic E-state index is 12.0. The van der Waals surface area contributed by atoms with Gasteiger partial charge >= 0.3 is 11.6 Å². The Morgan fingerprint density at radius 1 is 1.33 bits per heavy atom. The monoisotopic (exact) mass is 330 g/mol. The van der Waals surface area contributed by atoms with Gasteiger partial charge in [-0.15, -0.1) is 0 Å². The number of rotatable bonds is 4. The molecule has 3 rings (SSSR count). The van der Waals surface area contributed by atoms with Crippen LogP contribution in [0.1, 0.15) is 49.3 Å². The fourth-order valence-electron chi connectivity index (χ4n) is 3.14. The van der Waals surface area contributed by atoms with Gasteiger partial charge in [0.2, 0.25) is 0 Å². The van der Waals surface area contributed by atoms with E-state index in [1.165, 1.54) is 11.6 Å². The van der Waals surface area contributed by atoms with E-state index in [9.17, 15) is 9.59 Å². The van der Waals surface area contributed by atoms with Crippen molar-refractivity contribution in [2.24, 2.45) is 0 Å². The number of aryl methyl sites for hydroxylation is 1. The van der Waals surface area contributed by atoms with Crippen LogP contribution in [0.4, 0.5) is 0 Å². The summed E-state index contributed by atoms with van der Waals surface area (Å²) >= 11 is 0. The minimum absolute atomic E-state index is 0.0430. The highest BCUT2D eigenvalue weighted by atomic mass is 16.6. The summed E-state index contributed by atoms with van der Waals surface area (Å²) in [5.74, 6) is -0.0197. The van der Waals surface area contributed by atoms with Gasteiger partial charge in [0, 0.05) is 23.6 Å². The van der Waals surface area contributed by atoms with Gasteiger partial charge in [-0.25, -0.2) is 9.59 Å². The van der Waals surface area contributed by atoms with Crippen LogP contribution in [0.3, 0.4) is 0 Å². The molecule has 1 aromatic heterocycles. The zero-order valence-corrected chi connectivity index (χ0v) is 14.3. The van der Waals surface area contributed by atoms with Crippen molar-refractivity contribution >= 4 is 16.9 Å². The number of fused-ring (bicyclic) bond motifs is 1. The molecule has 1 saturated heterocycles. The van der Waals surface area contributed by atoms with E-state index in [-0.39, 0.29) is 12.6 Å². The molecule has 0 spiro atoms. The molecule has 1 aliphatic rings. The lowest BCUT2D eigenvalue weighted by Crippen LogP contribution is -2.22. The van der Waals surface area contributed by atoms with E-state index < -0.39 is 11.7 Å². The Balaban J connectivity index is 1.92. The summed E-state index contributed by atoms with van der Waals surface area (Å²) in [7, 11) is 0. The van der Waals surface area contributed by atoms with Gasteiger partial charge in [0.15, 0.2) is 6.10 Å². The molecule has 2 aromatic rings. The van der Waals surface area contributed by atoms with Crippen LogP contribution >= 0.6 is 0 Å². The summed E-state index contributed by atoms with van der Waals surface area (Å²) in [6, 6.07) is 5.29. The maximum absolute atomic E-state index is 12.0. The average molecular weight is 330 g/mol. The predicted octanol–water partition coefficient (Wildman–Crippen LogP) is 3.45. The van der Waals surface area contributed by atoms with Crippen LogP contribution in [0.25, 0.3) is 11.0 Å². The van der Waals surface area contributed by atoms with Crippen molar-refractivity contribution in [2.75, 3.05) is 6.61 Å². The summed E-state index contributed by atoms with van der Waals surface area (Å²) in [5.41, 5.74) is 3.00. The summed E-state index contributed by atoms with van der Waals surface area (Å²) in [6.07, 6.45) is 1.08. The Bertz CT molecular complexity index is 812. The van der Waals surface area contributed by atoms with Crippen LogP contribution in [0.5, 0.6) is 0 Å². The van der Waals surface area contributed by atoms with Crippen LogP contribution in [-0.4, -0.2) is 18.7 Å². The molecule has 128 valence electrons. The highest BCUT2D eigenvalue weighted by Gasteiger charge is 2.25. The minimum Gasteiger partial charge on any atom is -0.459 e. The standard InChI is InChI=1S/C19H22O5/c1-11(2)14-9-15-13(8-18(20)24-17(15)7-12(14)3)10-23-19(21)16-5-4-6-22-16/h7-9,11,16H,4-6,10H2,1-3H3/t16-/m0/s1. The van der Waals surface area contributed by atoms with Crippen molar-refractivity contribution in [1.82, 2.24) is 0 Å². The Hall–Kier alpha value is -2.14. The van der Waals surface area contributed by atoms with Crippen LogP contribution in [0, 0.1) is 6.92 Å². The smallest absolute Gasteiger partial charge is 0.336 e. The van der Waals surface area contributed by atoms with E-state index in [0.29, 0.717) is 30.1 Å². The average Bonchev–Trinajstić information content (AvgIpc) is 3.05. The molecule has 0 amide bonds. The predicted molar refractivity (Wildman–Crippen MR) is 90.1 cm³/mol. The lowest BCUT2D eigenvalue weighted by Gasteiger charge is -2.14. The number of hydrogen-bond acceptors (Lipinski definition) is 5. The van der Waals surface area contributed by atoms with Crippen molar-refractivity contribution in [2.45, 2.75) is 52.2 Å². The van der Waals surface area contributed by atoms with Gasteiger partial charge in [-0.3, -0.25) is 0 Å². The molecule has 5 heteroatoms. The van der Waals surface area contributed by atoms with E-state index in [2.05, 4.69) is 13.8 Å². The summed E-state index contributed by atoms with van der Waals surface area (Å²) in [6.45, 7) is 6.86. The van der Waals surface area contributed by atoms with Crippen LogP contribution in [0.15, 0.2) is 27.4 Å². The van der Waals surface area contributed by atoms with Gasteiger partial charge < -0.3 is 13.9 Å². The molecule has 1 aliphatic heterocycles. The number of esters is 1. The first-order valence-corrected chi connectivity index (χ1v) is 8.31. The number of carbonyl (C=O) groups is 1. The maximum Gasteiger partial charge on any atom is 0.336 e. The normalized spacial score (nSPS) is 17.6. The Morgan fingerprint density at radius 3 is 2.79 bits per heavy atom. The topological polar surface area (TPSA) is 65.7 Å². The minimum atomic E-state index is -0.482. The van der Waals surface area contributed by atoms with Gasteiger partial charge in [0.1, 0.15) is 12.2 Å². The van der Waals surface area contributed by atoms with E-state index in [1.807, 2.05) is 19.1 Å². The number of ether oxygens (including phenoxy) is 2. The largest absolute Gasteiger partial charge is 0.459 e. The molecule has 5 nitrogen and oxygen atoms in total. The quantitative estimate of drug-likeness (QED) is 0.634. The zero-order chi connectivity index (χ0) is 17.3. The van der Waals surface area contributed by atoms with Gasteiger partial charge in [0.05, 0.1) is 0 Å². The SMILES string of the molecule is Cc1cc2oc(=O)cc(COC(=O)[C@@H]3CCCO3)c2cc1C(C)C. The van der Waals surface area contributed by atoms with Crippen molar-refractivity contribution in [3.05, 3.63) is 45.3 Å². The van der Waals surface area contributed by atoms with Crippen molar-refractivity contribution in [1.29, 1.82) is 0 Å². The van der Waals surface area contributed by atoms with Gasteiger partial charge in [0.25, 0.3) is 0 Å². The summed E-state index contributed by atoms with van der Waals surface area (Å²) < 4.78 is 16.0. The first-order valence-electron chi connectivity index (χ1n) is 8.31. The molecule has 0 radical (unpaired) electrons. The molecule has 0 N–H and O–H groups in total. The molecule has 1 fully saturated rings. The second-order valence-corrected chi connectivity index (χ2v) is 6.56. The molecule has 0 saturated carbocycles. The fourth-order valence-corrected chi connectivity index (χ4v) is 3.14. The lowest BCUT2D eigenvalue weighted by molar-refractivity contribution is -0.155. The lowest BCUT2D eigenvalue weighted by atomic mass is 9.95. The fraction of sp³-hybridized carbons (Fsp3) is 0.474. The Morgan fingerprint density at radius 2 is 2.12 bits per heavy atom. The van der Waals surface area contributed by atoms with Crippen LogP contribution in [-0.2, 0) is 20.9 Å². The molecule has 0 bridgehead atoms. The molecule has 2 heterocycles. The first kappa shape index (κ1) is 16.7. The van der Waals surface area contributed by atoms with Gasteiger partial charge in [-0.05, 0) is 48.9 Å². The number of hydrogen-bond donors (Lipinski definition) is 0. The van der Waals surface area contributed by atoms with E-state index >= 15 is 0 Å². The van der Waals surface area contributed by atoms with Crippen LogP contribution < -0.4 is 5.63 Å². The van der Waals surface area contributed by atoms with E-state index in [4.69, 9.17) is 13.9 Å². The van der Waals surface area contributed by atoms with Crippen molar-refractivity contribution in [3.63, 3.8) is 0 Å². The molecule has 0 unspecified atom stereocenters. The molecule has 0 aliphatic carbocycles. The third-order valence-corrected chi connectivity index (χ3v) is 4.40. The Kier molecular flexibility index (Phi) is 4.71. The molecular formula is C19H22O5. The third-order valence-electron chi connectivity index (χ3n) is 4.40. The van der Waals surface area contributed by atoms with Crippen molar-refractivity contribution < 1.29 is 18.7 Å². The first-order chi connectivity index (χ1) is 11.5. The summed E-state index contributed by atoms with van der Waals surface area (Å²) in [4.78, 5) is 23.8. The van der Waals surface area contributed by atoms with Gasteiger partial charge in [-0.1, -0.05) is 13.8 Å². The van der Waals surface area contributed by atoms with E-state index in [1.54, 1.807) is 0 Å². The molecule has 1 atom stereocenters. The molecule has 24 heavy (non-hydrogen) atoms. The number of carbonyl (C=O) groups excluding carboxylic acids is 1. The number of benzene rings is 1. The van der Waals surface area contributed by atoms with E-state index in [0.717, 1.165) is 17.4 Å². The Labute approximate surface area is 140 Å². The third kappa shape index (κ3) is 3.36. The van der Waals surface area contributed by atoms with Crippen LogP contribution in [0.2, 0.25) is 0 Å². The highest BCUT2D eigenvalue weighted by molar-refractivity contribution is 5.82. The molecular weight excluding hydrogens is 308 g/mol. The second-order valence-electron chi connectivity index (χ2n) is 6.56. The summed E-state index contributed by atoms with van der Waals surface area (Å²) in [5, 5.41) is 0.809. The highest BCUT2D eigenvalue weighted by Crippen LogP contribution is 2.27. The van der Waals surface area contributed by atoms with Gasteiger partial charge in [-0.2, -0.15) is 0 Å². The molecule has 1 aromatic carbocycles. The zero-order valence-electron chi connectivity index (χ0n) is 14.3.